The first kappa shape index (κ1) is 21.7. The Balaban J connectivity index is 1.03. The largest absolute Gasteiger partial charge is 0.349 e. The average molecular weight is 488 g/mol. The highest BCUT2D eigenvalue weighted by Gasteiger charge is 2.53. The minimum absolute atomic E-state index is 0.0432. The standard InChI is InChI=1S/C25H22ClN7O2/c26-19-2-1-15(7-27)21(6-19)16-3-20(4-16)31-23(34)18-10-30-32(12-18)11-14-8-28-25(29-9-14)33-13-17-5-22(17)24(33)35/h1-2,6,8-10,12,16-17,20,22H,3-5,11,13H2,(H,31,34)/t16?,17-,20?,22-/m1/s1. The number of anilines is 1. The summed E-state index contributed by atoms with van der Waals surface area (Å²) >= 11 is 6.10. The maximum Gasteiger partial charge on any atom is 0.254 e. The first-order valence-corrected chi connectivity index (χ1v) is 12.0. The van der Waals surface area contributed by atoms with Crippen molar-refractivity contribution in [3.8, 4) is 6.07 Å². The lowest BCUT2D eigenvalue weighted by molar-refractivity contribution is -0.118. The molecule has 0 bridgehead atoms. The van der Waals surface area contributed by atoms with Crippen LogP contribution in [0.25, 0.3) is 0 Å². The highest BCUT2D eigenvalue weighted by Crippen LogP contribution is 2.46. The lowest BCUT2D eigenvalue weighted by Crippen LogP contribution is -2.43. The summed E-state index contributed by atoms with van der Waals surface area (Å²) < 4.78 is 1.66. The number of nitrogens with zero attached hydrogens (tertiary/aromatic N) is 6. The van der Waals surface area contributed by atoms with Gasteiger partial charge in [0, 0.05) is 47.7 Å². The molecular weight excluding hydrogens is 466 g/mol. The molecule has 35 heavy (non-hydrogen) atoms. The Labute approximate surface area is 206 Å². The molecule has 2 atom stereocenters. The molecule has 3 aromatic rings. The van der Waals surface area contributed by atoms with Crippen molar-refractivity contribution >= 4 is 29.4 Å². The molecule has 176 valence electrons. The summed E-state index contributed by atoms with van der Waals surface area (Å²) in [4.78, 5) is 35.3. The molecular formula is C25H22ClN7O2. The molecule has 9 nitrogen and oxygen atoms in total. The van der Waals surface area contributed by atoms with Gasteiger partial charge in [-0.25, -0.2) is 9.97 Å². The van der Waals surface area contributed by atoms with Gasteiger partial charge in [-0.2, -0.15) is 10.4 Å². The van der Waals surface area contributed by atoms with Crippen LogP contribution < -0.4 is 10.2 Å². The average Bonchev–Trinajstić information content (AvgIpc) is 3.33. The van der Waals surface area contributed by atoms with Crippen LogP contribution in [0.4, 0.5) is 5.95 Å². The first-order valence-electron chi connectivity index (χ1n) is 11.6. The van der Waals surface area contributed by atoms with E-state index in [1.54, 1.807) is 46.5 Å². The van der Waals surface area contributed by atoms with Crippen molar-refractivity contribution in [2.24, 2.45) is 11.8 Å². The lowest BCUT2D eigenvalue weighted by atomic mass is 9.74. The molecule has 1 N–H and O–H groups in total. The van der Waals surface area contributed by atoms with Gasteiger partial charge in [0.25, 0.3) is 5.91 Å². The van der Waals surface area contributed by atoms with E-state index in [-0.39, 0.29) is 29.7 Å². The number of nitrogens with one attached hydrogen (secondary N) is 1. The molecule has 0 radical (unpaired) electrons. The third kappa shape index (κ3) is 4.15. The molecule has 10 heteroatoms. The van der Waals surface area contributed by atoms with Crippen LogP contribution in [0.2, 0.25) is 5.02 Å². The minimum Gasteiger partial charge on any atom is -0.349 e. The zero-order valence-electron chi connectivity index (χ0n) is 18.8. The molecule has 3 fully saturated rings. The van der Waals surface area contributed by atoms with Crippen LogP contribution in [0.5, 0.6) is 0 Å². The summed E-state index contributed by atoms with van der Waals surface area (Å²) in [5, 5.41) is 17.3. The Morgan fingerprint density at radius 3 is 2.71 bits per heavy atom. The molecule has 1 aliphatic heterocycles. The number of fused-ring (bicyclic) bond motifs is 1. The van der Waals surface area contributed by atoms with Crippen molar-refractivity contribution in [3.05, 3.63) is 70.3 Å². The molecule has 1 saturated heterocycles. The highest BCUT2D eigenvalue weighted by molar-refractivity contribution is 6.30. The van der Waals surface area contributed by atoms with Gasteiger partial charge in [0.1, 0.15) is 0 Å². The zero-order chi connectivity index (χ0) is 24.1. The number of amides is 2. The van der Waals surface area contributed by atoms with Gasteiger partial charge in [0.15, 0.2) is 0 Å². The SMILES string of the molecule is N#Cc1ccc(Cl)cc1C1CC(NC(=O)c2cnn(Cc3cnc(N4C[C@H]5C[C@H]5C4=O)nc3)c2)C1. The summed E-state index contributed by atoms with van der Waals surface area (Å²) in [6, 6.07) is 7.56. The van der Waals surface area contributed by atoms with E-state index in [1.165, 1.54) is 0 Å². The van der Waals surface area contributed by atoms with Gasteiger partial charge in [-0.15, -0.1) is 0 Å². The highest BCUT2D eigenvalue weighted by atomic mass is 35.5. The second-order valence-corrected chi connectivity index (χ2v) is 9.99. The smallest absolute Gasteiger partial charge is 0.254 e. The van der Waals surface area contributed by atoms with E-state index in [9.17, 15) is 14.9 Å². The number of nitriles is 1. The third-order valence-corrected chi connectivity index (χ3v) is 7.38. The Morgan fingerprint density at radius 2 is 2.00 bits per heavy atom. The second kappa shape index (κ2) is 8.47. The van der Waals surface area contributed by atoms with Crippen molar-refractivity contribution in [2.75, 3.05) is 11.4 Å². The van der Waals surface area contributed by atoms with E-state index < -0.39 is 0 Å². The minimum atomic E-state index is -0.177. The topological polar surface area (TPSA) is 117 Å². The number of hydrogen-bond acceptors (Lipinski definition) is 6. The number of piperidine rings is 1. The van der Waals surface area contributed by atoms with Crippen molar-refractivity contribution in [3.63, 3.8) is 0 Å². The monoisotopic (exact) mass is 487 g/mol. The number of halogens is 1. The van der Waals surface area contributed by atoms with E-state index in [0.717, 1.165) is 30.4 Å². The number of benzene rings is 1. The fourth-order valence-electron chi connectivity index (χ4n) is 5.01. The molecule has 2 aromatic heterocycles. The summed E-state index contributed by atoms with van der Waals surface area (Å²) in [5.74, 6) is 1.25. The molecule has 2 amide bonds. The Kier molecular flexibility index (Phi) is 5.26. The molecule has 0 unspecified atom stereocenters. The number of rotatable bonds is 6. The van der Waals surface area contributed by atoms with Gasteiger partial charge in [0.05, 0.1) is 29.9 Å². The maximum atomic E-state index is 12.7. The third-order valence-electron chi connectivity index (χ3n) is 7.14. The second-order valence-electron chi connectivity index (χ2n) is 9.55. The van der Waals surface area contributed by atoms with Gasteiger partial charge in [-0.1, -0.05) is 11.6 Å². The van der Waals surface area contributed by atoms with Gasteiger partial charge in [0.2, 0.25) is 11.9 Å². The van der Waals surface area contributed by atoms with Crippen LogP contribution in [0.1, 0.15) is 52.2 Å². The van der Waals surface area contributed by atoms with E-state index in [1.807, 2.05) is 6.07 Å². The van der Waals surface area contributed by atoms with E-state index in [0.29, 0.717) is 41.1 Å². The van der Waals surface area contributed by atoms with Crippen molar-refractivity contribution in [2.45, 2.75) is 37.8 Å². The molecule has 6 rings (SSSR count). The Hall–Kier alpha value is -3.77. The summed E-state index contributed by atoms with van der Waals surface area (Å²) in [7, 11) is 0. The normalized spacial score (nSPS) is 24.5. The van der Waals surface area contributed by atoms with Crippen molar-refractivity contribution < 1.29 is 9.59 Å². The van der Waals surface area contributed by atoms with Crippen LogP contribution >= 0.6 is 11.6 Å². The van der Waals surface area contributed by atoms with Crippen molar-refractivity contribution in [1.82, 2.24) is 25.1 Å². The first-order chi connectivity index (χ1) is 17.0. The Morgan fingerprint density at radius 1 is 1.20 bits per heavy atom. The van der Waals surface area contributed by atoms with Gasteiger partial charge in [-0.05, 0) is 54.9 Å². The molecule has 1 aromatic carbocycles. The summed E-state index contributed by atoms with van der Waals surface area (Å²) in [6.45, 7) is 1.13. The number of aromatic nitrogens is 4. The fourth-order valence-corrected chi connectivity index (χ4v) is 5.19. The number of carbonyl (C=O) groups excluding carboxylic acids is 2. The van der Waals surface area contributed by atoms with Crippen LogP contribution in [0.3, 0.4) is 0 Å². The number of carbonyl (C=O) groups is 2. The maximum absolute atomic E-state index is 12.7. The molecule has 0 spiro atoms. The van der Waals surface area contributed by atoms with E-state index in [4.69, 9.17) is 11.6 Å². The quantitative estimate of drug-likeness (QED) is 0.571. The molecule has 2 saturated carbocycles. The van der Waals surface area contributed by atoms with Crippen LogP contribution in [-0.4, -0.2) is 44.1 Å². The number of hydrogen-bond donors (Lipinski definition) is 1. The van der Waals surface area contributed by atoms with Crippen LogP contribution in [-0.2, 0) is 11.3 Å². The fraction of sp³-hybridized carbons (Fsp3) is 0.360. The predicted octanol–water partition coefficient (Wildman–Crippen LogP) is 2.91. The zero-order valence-corrected chi connectivity index (χ0v) is 19.5. The lowest BCUT2D eigenvalue weighted by Gasteiger charge is -2.36. The summed E-state index contributed by atoms with van der Waals surface area (Å²) in [5.41, 5.74) is 2.88. The van der Waals surface area contributed by atoms with Crippen LogP contribution in [0, 0.1) is 23.2 Å². The van der Waals surface area contributed by atoms with Gasteiger partial charge >= 0.3 is 0 Å². The van der Waals surface area contributed by atoms with E-state index in [2.05, 4.69) is 26.5 Å². The van der Waals surface area contributed by atoms with Crippen molar-refractivity contribution in [1.29, 1.82) is 5.26 Å². The van der Waals surface area contributed by atoms with Gasteiger partial charge < -0.3 is 5.32 Å². The molecule has 3 heterocycles. The van der Waals surface area contributed by atoms with E-state index >= 15 is 0 Å². The molecule has 3 aliphatic rings. The predicted molar refractivity (Wildman–Crippen MR) is 127 cm³/mol. The van der Waals surface area contributed by atoms with Crippen LogP contribution in [0.15, 0.2) is 43.0 Å². The van der Waals surface area contributed by atoms with Gasteiger partial charge in [-0.3, -0.25) is 19.2 Å². The molecule has 2 aliphatic carbocycles. The Bertz CT molecular complexity index is 1360. The summed E-state index contributed by atoms with van der Waals surface area (Å²) in [6.07, 6.45) is 9.15.